The van der Waals surface area contributed by atoms with Crippen LogP contribution in [0, 0.1) is 11.7 Å². The normalized spacial score (nSPS) is 18.5. The predicted molar refractivity (Wildman–Crippen MR) is 77.3 cm³/mol. The number of nitrogens with zero attached hydrogens (tertiary/aromatic N) is 1. The van der Waals surface area contributed by atoms with Crippen LogP contribution in [0.3, 0.4) is 0 Å². The van der Waals surface area contributed by atoms with Gasteiger partial charge in [-0.1, -0.05) is 0 Å². The van der Waals surface area contributed by atoms with Crippen molar-refractivity contribution in [3.63, 3.8) is 0 Å². The highest BCUT2D eigenvalue weighted by atomic mass is 19.1. The summed E-state index contributed by atoms with van der Waals surface area (Å²) in [6.07, 6.45) is 6.92. The molecule has 2 aliphatic rings. The van der Waals surface area contributed by atoms with E-state index in [1.54, 1.807) is 12.1 Å². The first-order valence-corrected chi connectivity index (χ1v) is 7.75. The zero-order valence-electron chi connectivity index (χ0n) is 11.9. The SMILES string of the molecule is O=C(CCCN(CC1CC1)C1CC1)c1ccc(F)cc1. The Kier molecular flexibility index (Phi) is 4.16. The molecule has 2 nitrogen and oxygen atoms in total. The molecule has 3 heteroatoms. The minimum Gasteiger partial charge on any atom is -0.300 e. The van der Waals surface area contributed by atoms with Gasteiger partial charge in [0.1, 0.15) is 5.82 Å². The van der Waals surface area contributed by atoms with E-state index < -0.39 is 0 Å². The maximum absolute atomic E-state index is 12.8. The van der Waals surface area contributed by atoms with Gasteiger partial charge in [0.15, 0.2) is 5.78 Å². The van der Waals surface area contributed by atoms with Gasteiger partial charge in [-0.05, 0) is 68.8 Å². The van der Waals surface area contributed by atoms with E-state index >= 15 is 0 Å². The first-order valence-electron chi connectivity index (χ1n) is 7.75. The van der Waals surface area contributed by atoms with Crippen LogP contribution in [0.2, 0.25) is 0 Å². The molecule has 0 aliphatic heterocycles. The first-order chi connectivity index (χ1) is 9.72. The van der Waals surface area contributed by atoms with E-state index in [1.807, 2.05) is 0 Å². The Labute approximate surface area is 120 Å². The number of ketones is 1. The van der Waals surface area contributed by atoms with Crippen molar-refractivity contribution < 1.29 is 9.18 Å². The van der Waals surface area contributed by atoms with Crippen molar-refractivity contribution in [3.8, 4) is 0 Å². The molecule has 1 aromatic carbocycles. The minimum atomic E-state index is -0.286. The lowest BCUT2D eigenvalue weighted by molar-refractivity contribution is 0.0973. The van der Waals surface area contributed by atoms with Gasteiger partial charge in [-0.15, -0.1) is 0 Å². The fraction of sp³-hybridized carbons (Fsp3) is 0.588. The standard InChI is InChI=1S/C17H22FNO/c18-15-7-5-14(6-8-15)17(20)2-1-11-19(16-9-10-16)12-13-3-4-13/h5-8,13,16H,1-4,9-12H2. The Morgan fingerprint density at radius 2 is 1.85 bits per heavy atom. The number of halogens is 1. The second-order valence-corrected chi connectivity index (χ2v) is 6.20. The Morgan fingerprint density at radius 1 is 1.15 bits per heavy atom. The Balaban J connectivity index is 1.43. The zero-order chi connectivity index (χ0) is 13.9. The molecule has 108 valence electrons. The van der Waals surface area contributed by atoms with E-state index in [1.165, 1.54) is 44.4 Å². The van der Waals surface area contributed by atoms with E-state index in [2.05, 4.69) is 4.90 Å². The molecule has 0 radical (unpaired) electrons. The number of hydrogen-bond acceptors (Lipinski definition) is 2. The molecule has 2 fully saturated rings. The van der Waals surface area contributed by atoms with Crippen molar-refractivity contribution in [2.75, 3.05) is 13.1 Å². The van der Waals surface area contributed by atoms with Crippen LogP contribution < -0.4 is 0 Å². The highest BCUT2D eigenvalue weighted by Crippen LogP contribution is 2.34. The van der Waals surface area contributed by atoms with Gasteiger partial charge < -0.3 is 4.90 Å². The summed E-state index contributed by atoms with van der Waals surface area (Å²) in [6.45, 7) is 2.27. The Hall–Kier alpha value is -1.22. The van der Waals surface area contributed by atoms with Crippen LogP contribution in [0.5, 0.6) is 0 Å². The number of carbonyl (C=O) groups excluding carboxylic acids is 1. The van der Waals surface area contributed by atoms with Crippen LogP contribution >= 0.6 is 0 Å². The van der Waals surface area contributed by atoms with Gasteiger partial charge in [0.05, 0.1) is 0 Å². The zero-order valence-corrected chi connectivity index (χ0v) is 11.9. The van der Waals surface area contributed by atoms with Gasteiger partial charge in [0.25, 0.3) is 0 Å². The molecule has 0 atom stereocenters. The van der Waals surface area contributed by atoms with Crippen molar-refractivity contribution in [2.24, 2.45) is 5.92 Å². The Bertz CT molecular complexity index is 462. The van der Waals surface area contributed by atoms with Crippen molar-refractivity contribution in [3.05, 3.63) is 35.6 Å². The second kappa shape index (κ2) is 6.04. The lowest BCUT2D eigenvalue weighted by atomic mass is 10.1. The van der Waals surface area contributed by atoms with Gasteiger partial charge in [-0.2, -0.15) is 0 Å². The average molecular weight is 275 g/mol. The lowest BCUT2D eigenvalue weighted by Gasteiger charge is -2.21. The van der Waals surface area contributed by atoms with E-state index in [-0.39, 0.29) is 11.6 Å². The number of carbonyl (C=O) groups is 1. The largest absolute Gasteiger partial charge is 0.300 e. The molecule has 0 spiro atoms. The maximum atomic E-state index is 12.8. The maximum Gasteiger partial charge on any atom is 0.162 e. The van der Waals surface area contributed by atoms with E-state index in [0.29, 0.717) is 12.0 Å². The molecule has 2 aliphatic carbocycles. The van der Waals surface area contributed by atoms with Crippen LogP contribution in [-0.2, 0) is 0 Å². The summed E-state index contributed by atoms with van der Waals surface area (Å²) in [7, 11) is 0. The summed E-state index contributed by atoms with van der Waals surface area (Å²) >= 11 is 0. The van der Waals surface area contributed by atoms with Crippen molar-refractivity contribution >= 4 is 5.78 Å². The minimum absolute atomic E-state index is 0.132. The van der Waals surface area contributed by atoms with Crippen molar-refractivity contribution in [1.29, 1.82) is 0 Å². The Morgan fingerprint density at radius 3 is 2.45 bits per heavy atom. The molecule has 20 heavy (non-hydrogen) atoms. The third-order valence-electron chi connectivity index (χ3n) is 4.27. The van der Waals surface area contributed by atoms with Crippen molar-refractivity contribution in [1.82, 2.24) is 4.90 Å². The molecule has 0 N–H and O–H groups in total. The van der Waals surface area contributed by atoms with Gasteiger partial charge in [0.2, 0.25) is 0 Å². The third kappa shape index (κ3) is 3.89. The van der Waals surface area contributed by atoms with E-state index in [4.69, 9.17) is 0 Å². The molecule has 0 bridgehead atoms. The van der Waals surface area contributed by atoms with Crippen LogP contribution in [-0.4, -0.2) is 29.8 Å². The molecule has 1 aromatic rings. The summed E-state index contributed by atoms with van der Waals surface area (Å²) in [5.41, 5.74) is 0.631. The van der Waals surface area contributed by atoms with Gasteiger partial charge in [0, 0.05) is 24.6 Å². The first kappa shape index (κ1) is 13.7. The van der Waals surface area contributed by atoms with Gasteiger partial charge in [-0.3, -0.25) is 4.79 Å². The third-order valence-corrected chi connectivity index (χ3v) is 4.27. The number of Topliss-reactive ketones (excluding diaryl/α,β-unsaturated/α-hetero) is 1. The topological polar surface area (TPSA) is 20.3 Å². The number of benzene rings is 1. The molecular formula is C17H22FNO. The summed E-state index contributed by atoms with van der Waals surface area (Å²) in [4.78, 5) is 14.6. The smallest absolute Gasteiger partial charge is 0.162 e. The van der Waals surface area contributed by atoms with E-state index in [9.17, 15) is 9.18 Å². The summed E-state index contributed by atoms with van der Waals surface area (Å²) in [6, 6.07) is 6.67. The molecule has 0 heterocycles. The fourth-order valence-corrected chi connectivity index (χ4v) is 2.72. The highest BCUT2D eigenvalue weighted by molar-refractivity contribution is 5.95. The molecule has 0 unspecified atom stereocenters. The summed E-state index contributed by atoms with van der Waals surface area (Å²) in [5, 5.41) is 0. The quantitative estimate of drug-likeness (QED) is 0.675. The fourth-order valence-electron chi connectivity index (χ4n) is 2.72. The summed E-state index contributed by atoms with van der Waals surface area (Å²) in [5.74, 6) is 0.765. The van der Waals surface area contributed by atoms with Crippen molar-refractivity contribution in [2.45, 2.75) is 44.6 Å². The number of rotatable bonds is 8. The monoisotopic (exact) mass is 275 g/mol. The van der Waals surface area contributed by atoms with Gasteiger partial charge in [-0.25, -0.2) is 4.39 Å². The van der Waals surface area contributed by atoms with Crippen LogP contribution in [0.4, 0.5) is 4.39 Å². The van der Waals surface area contributed by atoms with Gasteiger partial charge >= 0.3 is 0 Å². The predicted octanol–water partition coefficient (Wildman–Crippen LogP) is 3.66. The summed E-state index contributed by atoms with van der Waals surface area (Å²) < 4.78 is 12.8. The van der Waals surface area contributed by atoms with Crippen LogP contribution in [0.15, 0.2) is 24.3 Å². The number of hydrogen-bond donors (Lipinski definition) is 0. The van der Waals surface area contributed by atoms with Crippen LogP contribution in [0.1, 0.15) is 48.9 Å². The van der Waals surface area contributed by atoms with E-state index in [0.717, 1.165) is 24.9 Å². The molecular weight excluding hydrogens is 253 g/mol. The van der Waals surface area contributed by atoms with Crippen LogP contribution in [0.25, 0.3) is 0 Å². The molecule has 0 saturated heterocycles. The molecule has 0 amide bonds. The molecule has 0 aromatic heterocycles. The average Bonchev–Trinajstić information content (AvgIpc) is 3.31. The molecule has 3 rings (SSSR count). The second-order valence-electron chi connectivity index (χ2n) is 6.20. The lowest BCUT2D eigenvalue weighted by Crippen LogP contribution is -2.29. The highest BCUT2D eigenvalue weighted by Gasteiger charge is 2.33. The molecule has 2 saturated carbocycles.